The largest absolute Gasteiger partial charge is 0.494 e. The summed E-state index contributed by atoms with van der Waals surface area (Å²) in [6.07, 6.45) is 12.3. The number of anilines is 1. The molecule has 5 rings (SSSR count). The monoisotopic (exact) mass is 505 g/mol. The van der Waals surface area contributed by atoms with Crippen molar-refractivity contribution in [2.75, 3.05) is 70.4 Å². The highest BCUT2D eigenvalue weighted by atomic mass is 16.5. The molecule has 3 aliphatic rings. The SMILES string of the molecule is c1ccc(N(CCN2CCCC2)C2CCN(Cc3ccc(OCCCN4CCCCC4)cc3)CC2)nc1. The predicted octanol–water partition coefficient (Wildman–Crippen LogP) is 4.90. The molecule has 0 saturated carbocycles. The summed E-state index contributed by atoms with van der Waals surface area (Å²) in [4.78, 5) is 15.1. The van der Waals surface area contributed by atoms with E-state index in [4.69, 9.17) is 9.72 Å². The number of nitrogens with zero attached hydrogens (tertiary/aromatic N) is 5. The van der Waals surface area contributed by atoms with Crippen LogP contribution in [0.4, 0.5) is 5.82 Å². The van der Waals surface area contributed by atoms with Gasteiger partial charge in [0.25, 0.3) is 0 Å². The Hall–Kier alpha value is -2.15. The topological polar surface area (TPSA) is 35.1 Å². The third-order valence-corrected chi connectivity index (χ3v) is 8.46. The lowest BCUT2D eigenvalue weighted by Gasteiger charge is -2.40. The Kier molecular flexibility index (Phi) is 10.1. The van der Waals surface area contributed by atoms with Crippen LogP contribution in [-0.4, -0.2) is 91.2 Å². The summed E-state index contributed by atoms with van der Waals surface area (Å²) in [7, 11) is 0. The minimum Gasteiger partial charge on any atom is -0.494 e. The number of ether oxygens (including phenoxy) is 1. The summed E-state index contributed by atoms with van der Waals surface area (Å²) < 4.78 is 6.03. The number of hydrogen-bond donors (Lipinski definition) is 0. The predicted molar refractivity (Wildman–Crippen MR) is 152 cm³/mol. The normalized spacial score (nSPS) is 20.3. The molecular formula is C31H47N5O. The van der Waals surface area contributed by atoms with Gasteiger partial charge in [0.1, 0.15) is 11.6 Å². The number of piperidine rings is 2. The second kappa shape index (κ2) is 14.1. The van der Waals surface area contributed by atoms with Crippen LogP contribution < -0.4 is 9.64 Å². The van der Waals surface area contributed by atoms with Crippen molar-refractivity contribution in [3.8, 4) is 5.75 Å². The van der Waals surface area contributed by atoms with Gasteiger partial charge in [-0.2, -0.15) is 0 Å². The number of benzene rings is 1. The van der Waals surface area contributed by atoms with Crippen molar-refractivity contribution >= 4 is 5.82 Å². The van der Waals surface area contributed by atoms with Gasteiger partial charge in [-0.05, 0) is 101 Å². The standard InChI is InChI=1S/C31H47N5O/c1-4-17-33(18-5-1)21-8-26-37-30-12-10-28(11-13-30)27-35-22-14-29(15-23-35)36(31-9-2-3-16-32-31)25-24-34-19-6-7-20-34/h2-3,9-13,16,29H,1,4-8,14-15,17-27H2. The van der Waals surface area contributed by atoms with E-state index in [1.54, 1.807) is 0 Å². The highest BCUT2D eigenvalue weighted by Gasteiger charge is 2.26. The zero-order valence-electron chi connectivity index (χ0n) is 22.8. The molecule has 3 saturated heterocycles. The Balaban J connectivity index is 1.05. The average Bonchev–Trinajstić information content (AvgIpc) is 3.48. The van der Waals surface area contributed by atoms with Crippen LogP contribution in [0.25, 0.3) is 0 Å². The van der Waals surface area contributed by atoms with Gasteiger partial charge < -0.3 is 19.4 Å². The van der Waals surface area contributed by atoms with Gasteiger partial charge in [-0.25, -0.2) is 4.98 Å². The van der Waals surface area contributed by atoms with Crippen LogP contribution in [0.1, 0.15) is 56.9 Å². The maximum Gasteiger partial charge on any atom is 0.128 e. The van der Waals surface area contributed by atoms with E-state index in [0.717, 1.165) is 57.3 Å². The third-order valence-electron chi connectivity index (χ3n) is 8.46. The van der Waals surface area contributed by atoms with Crippen molar-refractivity contribution in [2.24, 2.45) is 0 Å². The molecule has 1 aromatic heterocycles. The van der Waals surface area contributed by atoms with E-state index < -0.39 is 0 Å². The van der Waals surface area contributed by atoms with E-state index in [1.165, 1.54) is 83.2 Å². The molecule has 3 aliphatic heterocycles. The van der Waals surface area contributed by atoms with Gasteiger partial charge in [-0.15, -0.1) is 0 Å². The molecule has 202 valence electrons. The summed E-state index contributed by atoms with van der Waals surface area (Å²) >= 11 is 0. The first-order valence-electron chi connectivity index (χ1n) is 14.9. The smallest absolute Gasteiger partial charge is 0.128 e. The van der Waals surface area contributed by atoms with Crippen molar-refractivity contribution in [2.45, 2.75) is 64.0 Å². The summed E-state index contributed by atoms with van der Waals surface area (Å²) in [5, 5.41) is 0. The number of hydrogen-bond acceptors (Lipinski definition) is 6. The van der Waals surface area contributed by atoms with Crippen LogP contribution in [0.2, 0.25) is 0 Å². The first-order valence-corrected chi connectivity index (χ1v) is 14.9. The van der Waals surface area contributed by atoms with E-state index in [0.29, 0.717) is 6.04 Å². The fourth-order valence-corrected chi connectivity index (χ4v) is 6.26. The van der Waals surface area contributed by atoms with Gasteiger partial charge in [0, 0.05) is 51.5 Å². The maximum atomic E-state index is 6.03. The number of likely N-dealkylation sites (tertiary alicyclic amines) is 3. The first kappa shape index (κ1) is 26.5. The van der Waals surface area contributed by atoms with Crippen LogP contribution in [-0.2, 0) is 6.54 Å². The average molecular weight is 506 g/mol. The molecule has 0 atom stereocenters. The van der Waals surface area contributed by atoms with Crippen molar-refractivity contribution in [1.29, 1.82) is 0 Å². The lowest BCUT2D eigenvalue weighted by atomic mass is 10.0. The van der Waals surface area contributed by atoms with Crippen molar-refractivity contribution in [3.05, 3.63) is 54.2 Å². The Morgan fingerprint density at radius 2 is 1.46 bits per heavy atom. The molecule has 1 aromatic carbocycles. The van der Waals surface area contributed by atoms with E-state index >= 15 is 0 Å². The highest BCUT2D eigenvalue weighted by Crippen LogP contribution is 2.24. The Bertz CT molecular complexity index is 888. The van der Waals surface area contributed by atoms with E-state index in [9.17, 15) is 0 Å². The molecule has 3 fully saturated rings. The maximum absolute atomic E-state index is 6.03. The van der Waals surface area contributed by atoms with Gasteiger partial charge in [0.2, 0.25) is 0 Å². The molecular weight excluding hydrogens is 458 g/mol. The second-order valence-electron chi connectivity index (χ2n) is 11.2. The lowest BCUT2D eigenvalue weighted by Crippen LogP contribution is -2.47. The molecule has 0 bridgehead atoms. The molecule has 0 unspecified atom stereocenters. The Morgan fingerprint density at radius 3 is 2.16 bits per heavy atom. The van der Waals surface area contributed by atoms with E-state index in [1.807, 2.05) is 12.3 Å². The second-order valence-corrected chi connectivity index (χ2v) is 11.2. The Morgan fingerprint density at radius 1 is 0.757 bits per heavy atom. The zero-order valence-corrected chi connectivity index (χ0v) is 22.8. The van der Waals surface area contributed by atoms with E-state index in [-0.39, 0.29) is 0 Å². The van der Waals surface area contributed by atoms with Crippen LogP contribution >= 0.6 is 0 Å². The molecule has 37 heavy (non-hydrogen) atoms. The van der Waals surface area contributed by atoms with Gasteiger partial charge in [0.15, 0.2) is 0 Å². The molecule has 6 nitrogen and oxygen atoms in total. The van der Waals surface area contributed by atoms with Crippen LogP contribution in [0.15, 0.2) is 48.7 Å². The zero-order chi connectivity index (χ0) is 25.1. The summed E-state index contributed by atoms with van der Waals surface area (Å²) in [5.74, 6) is 2.15. The highest BCUT2D eigenvalue weighted by molar-refractivity contribution is 5.39. The van der Waals surface area contributed by atoms with Crippen LogP contribution in [0.3, 0.4) is 0 Å². The number of pyridine rings is 1. The minimum absolute atomic E-state index is 0.578. The summed E-state index contributed by atoms with van der Waals surface area (Å²) in [5.41, 5.74) is 1.38. The Labute approximate surface area is 224 Å². The molecule has 0 radical (unpaired) electrons. The molecule has 0 N–H and O–H groups in total. The first-order chi connectivity index (χ1) is 18.3. The van der Waals surface area contributed by atoms with E-state index in [2.05, 4.69) is 56.0 Å². The van der Waals surface area contributed by atoms with Gasteiger partial charge in [0.05, 0.1) is 6.61 Å². The minimum atomic E-state index is 0.578. The number of rotatable bonds is 12. The molecule has 6 heteroatoms. The van der Waals surface area contributed by atoms with Gasteiger partial charge in [-0.3, -0.25) is 4.90 Å². The summed E-state index contributed by atoms with van der Waals surface area (Å²) in [6, 6.07) is 15.7. The van der Waals surface area contributed by atoms with Crippen molar-refractivity contribution in [1.82, 2.24) is 19.7 Å². The quantitative estimate of drug-likeness (QED) is 0.382. The van der Waals surface area contributed by atoms with Crippen LogP contribution in [0.5, 0.6) is 5.75 Å². The van der Waals surface area contributed by atoms with Gasteiger partial charge >= 0.3 is 0 Å². The number of aromatic nitrogens is 1. The molecule has 4 heterocycles. The van der Waals surface area contributed by atoms with Crippen LogP contribution in [0, 0.1) is 0 Å². The molecule has 0 aliphatic carbocycles. The third kappa shape index (κ3) is 8.17. The molecule has 0 amide bonds. The van der Waals surface area contributed by atoms with Crippen molar-refractivity contribution in [3.63, 3.8) is 0 Å². The lowest BCUT2D eigenvalue weighted by molar-refractivity contribution is 0.199. The summed E-state index contributed by atoms with van der Waals surface area (Å²) in [6.45, 7) is 12.6. The molecule has 2 aromatic rings. The van der Waals surface area contributed by atoms with Gasteiger partial charge in [-0.1, -0.05) is 24.6 Å². The molecule has 0 spiro atoms. The fourth-order valence-electron chi connectivity index (χ4n) is 6.26. The fraction of sp³-hybridized carbons (Fsp3) is 0.645. The van der Waals surface area contributed by atoms with Crippen molar-refractivity contribution < 1.29 is 4.74 Å².